The second-order valence-corrected chi connectivity index (χ2v) is 5.60. The summed E-state index contributed by atoms with van der Waals surface area (Å²) in [6.07, 6.45) is 8.92. The average molecular weight is 248 g/mol. The third-order valence-corrected chi connectivity index (χ3v) is 4.37. The molecule has 1 atom stereocenters. The molecule has 1 fully saturated rings. The standard InChI is InChI=1S/C14H20N2O2/c17-14(18)10-7-4-8-11-12(10)16-13(15-11)9-5-2-1-3-6-9/h9-10H,1-8H2,(H,15,16)(H,17,18). The highest BCUT2D eigenvalue weighted by Crippen LogP contribution is 2.35. The number of hydrogen-bond acceptors (Lipinski definition) is 2. The summed E-state index contributed by atoms with van der Waals surface area (Å²) in [5.41, 5.74) is 1.89. The van der Waals surface area contributed by atoms with Gasteiger partial charge >= 0.3 is 5.97 Å². The molecule has 0 saturated heterocycles. The van der Waals surface area contributed by atoms with E-state index in [0.717, 1.165) is 36.5 Å². The number of aliphatic carboxylic acids is 1. The molecule has 2 aliphatic rings. The average Bonchev–Trinajstić information content (AvgIpc) is 2.83. The molecule has 3 rings (SSSR count). The molecule has 1 aromatic rings. The Kier molecular flexibility index (Phi) is 3.10. The number of nitrogens with one attached hydrogen (secondary N) is 1. The normalized spacial score (nSPS) is 24.8. The third kappa shape index (κ3) is 2.04. The molecule has 0 amide bonds. The summed E-state index contributed by atoms with van der Waals surface area (Å²) in [6.45, 7) is 0. The van der Waals surface area contributed by atoms with Crippen molar-refractivity contribution in [3.63, 3.8) is 0 Å². The van der Waals surface area contributed by atoms with Crippen molar-refractivity contribution in [1.29, 1.82) is 0 Å². The monoisotopic (exact) mass is 248 g/mol. The molecule has 0 bridgehead atoms. The second kappa shape index (κ2) is 4.75. The first kappa shape index (κ1) is 11.8. The maximum absolute atomic E-state index is 11.2. The van der Waals surface area contributed by atoms with Crippen LogP contribution in [0.3, 0.4) is 0 Å². The van der Waals surface area contributed by atoms with E-state index in [2.05, 4.69) is 9.97 Å². The minimum Gasteiger partial charge on any atom is -0.481 e. The van der Waals surface area contributed by atoms with Crippen LogP contribution in [-0.2, 0) is 11.2 Å². The van der Waals surface area contributed by atoms with Crippen molar-refractivity contribution in [1.82, 2.24) is 9.97 Å². The van der Waals surface area contributed by atoms with Gasteiger partial charge in [-0.15, -0.1) is 0 Å². The number of hydrogen-bond donors (Lipinski definition) is 2. The van der Waals surface area contributed by atoms with E-state index < -0.39 is 5.97 Å². The van der Waals surface area contributed by atoms with Gasteiger partial charge in [0.25, 0.3) is 0 Å². The first-order valence-electron chi connectivity index (χ1n) is 7.07. The quantitative estimate of drug-likeness (QED) is 0.845. The van der Waals surface area contributed by atoms with Crippen LogP contribution in [0.5, 0.6) is 0 Å². The van der Waals surface area contributed by atoms with E-state index in [9.17, 15) is 9.90 Å². The Morgan fingerprint density at radius 3 is 2.67 bits per heavy atom. The number of rotatable bonds is 2. The molecule has 0 aromatic carbocycles. The number of carboxylic acids is 1. The Labute approximate surface area is 107 Å². The number of aromatic nitrogens is 2. The maximum Gasteiger partial charge on any atom is 0.312 e. The fourth-order valence-corrected chi connectivity index (χ4v) is 3.35. The van der Waals surface area contributed by atoms with Crippen molar-refractivity contribution in [3.8, 4) is 0 Å². The van der Waals surface area contributed by atoms with Gasteiger partial charge in [-0.3, -0.25) is 4.79 Å². The number of carbonyl (C=O) groups is 1. The van der Waals surface area contributed by atoms with E-state index >= 15 is 0 Å². The molecule has 4 heteroatoms. The first-order chi connectivity index (χ1) is 8.75. The van der Waals surface area contributed by atoms with Crippen LogP contribution in [0.1, 0.15) is 74.0 Å². The molecule has 0 radical (unpaired) electrons. The first-order valence-corrected chi connectivity index (χ1v) is 7.07. The summed E-state index contributed by atoms with van der Waals surface area (Å²) in [4.78, 5) is 19.3. The topological polar surface area (TPSA) is 66.0 Å². The maximum atomic E-state index is 11.2. The predicted octanol–water partition coefficient (Wildman–Crippen LogP) is 2.96. The lowest BCUT2D eigenvalue weighted by Crippen LogP contribution is -2.17. The van der Waals surface area contributed by atoms with Crippen LogP contribution in [0.25, 0.3) is 0 Å². The Balaban J connectivity index is 1.88. The Bertz CT molecular complexity index is 447. The van der Waals surface area contributed by atoms with Gasteiger partial charge in [0.05, 0.1) is 5.69 Å². The number of H-pyrrole nitrogens is 1. The fourth-order valence-electron chi connectivity index (χ4n) is 3.35. The number of carboxylic acid groups (broad SMARTS) is 1. The molecule has 1 unspecified atom stereocenters. The Morgan fingerprint density at radius 1 is 1.17 bits per heavy atom. The Hall–Kier alpha value is -1.32. The second-order valence-electron chi connectivity index (χ2n) is 5.60. The molecular weight excluding hydrogens is 228 g/mol. The van der Waals surface area contributed by atoms with Gasteiger partial charge in [-0.25, -0.2) is 4.98 Å². The number of fused-ring (bicyclic) bond motifs is 1. The van der Waals surface area contributed by atoms with Crippen LogP contribution in [0.15, 0.2) is 0 Å². The van der Waals surface area contributed by atoms with Crippen molar-refractivity contribution in [2.24, 2.45) is 0 Å². The van der Waals surface area contributed by atoms with Gasteiger partial charge < -0.3 is 10.1 Å². The van der Waals surface area contributed by atoms with Gasteiger partial charge in [0.1, 0.15) is 11.7 Å². The van der Waals surface area contributed by atoms with Crippen LogP contribution in [0.4, 0.5) is 0 Å². The van der Waals surface area contributed by atoms with Crippen LogP contribution in [0, 0.1) is 0 Å². The smallest absolute Gasteiger partial charge is 0.312 e. The molecule has 1 aromatic heterocycles. The van der Waals surface area contributed by atoms with Crippen LogP contribution >= 0.6 is 0 Å². The SMILES string of the molecule is O=C(O)C1CCCc2[nH]c(C3CCCCC3)nc21. The number of imidazole rings is 1. The molecular formula is C14H20N2O2. The zero-order valence-electron chi connectivity index (χ0n) is 10.6. The van der Waals surface area contributed by atoms with Gasteiger partial charge in [0.2, 0.25) is 0 Å². The summed E-state index contributed by atoms with van der Waals surface area (Å²) in [5.74, 6) is 0.464. The van der Waals surface area contributed by atoms with Gasteiger partial charge in [-0.05, 0) is 32.1 Å². The van der Waals surface area contributed by atoms with Gasteiger partial charge in [0, 0.05) is 11.6 Å². The largest absolute Gasteiger partial charge is 0.481 e. The number of aromatic amines is 1. The van der Waals surface area contributed by atoms with Crippen molar-refractivity contribution >= 4 is 5.97 Å². The number of nitrogens with zero attached hydrogens (tertiary/aromatic N) is 1. The summed E-state index contributed by atoms with van der Waals surface area (Å²) >= 11 is 0. The summed E-state index contributed by atoms with van der Waals surface area (Å²) in [6, 6.07) is 0. The molecule has 2 N–H and O–H groups in total. The highest BCUT2D eigenvalue weighted by molar-refractivity contribution is 5.76. The van der Waals surface area contributed by atoms with Crippen LogP contribution < -0.4 is 0 Å². The van der Waals surface area contributed by atoms with E-state index in [1.54, 1.807) is 0 Å². The van der Waals surface area contributed by atoms with Crippen molar-refractivity contribution in [2.75, 3.05) is 0 Å². The zero-order valence-corrected chi connectivity index (χ0v) is 10.6. The summed E-state index contributed by atoms with van der Waals surface area (Å²) in [5, 5.41) is 9.25. The van der Waals surface area contributed by atoms with Crippen LogP contribution in [0.2, 0.25) is 0 Å². The number of aryl methyl sites for hydroxylation is 1. The lowest BCUT2D eigenvalue weighted by Gasteiger charge is -2.19. The molecule has 2 aliphatic carbocycles. The van der Waals surface area contributed by atoms with Crippen molar-refractivity contribution in [3.05, 3.63) is 17.2 Å². The summed E-state index contributed by atoms with van der Waals surface area (Å²) in [7, 11) is 0. The lowest BCUT2D eigenvalue weighted by atomic mass is 9.89. The van der Waals surface area contributed by atoms with E-state index in [-0.39, 0.29) is 5.92 Å². The molecule has 1 heterocycles. The van der Waals surface area contributed by atoms with E-state index in [1.807, 2.05) is 0 Å². The van der Waals surface area contributed by atoms with E-state index in [4.69, 9.17) is 0 Å². The highest BCUT2D eigenvalue weighted by Gasteiger charge is 2.31. The van der Waals surface area contributed by atoms with Gasteiger partial charge in [-0.2, -0.15) is 0 Å². The third-order valence-electron chi connectivity index (χ3n) is 4.37. The lowest BCUT2D eigenvalue weighted by molar-refractivity contribution is -0.139. The Morgan fingerprint density at radius 2 is 1.94 bits per heavy atom. The molecule has 98 valence electrons. The van der Waals surface area contributed by atoms with Gasteiger partial charge in [-0.1, -0.05) is 19.3 Å². The highest BCUT2D eigenvalue weighted by atomic mass is 16.4. The molecule has 0 aliphatic heterocycles. The molecule has 4 nitrogen and oxygen atoms in total. The van der Waals surface area contributed by atoms with Gasteiger partial charge in [0.15, 0.2) is 0 Å². The van der Waals surface area contributed by atoms with E-state index in [0.29, 0.717) is 5.92 Å². The zero-order chi connectivity index (χ0) is 12.5. The van der Waals surface area contributed by atoms with Crippen molar-refractivity contribution < 1.29 is 9.90 Å². The molecule has 18 heavy (non-hydrogen) atoms. The molecule has 1 saturated carbocycles. The summed E-state index contributed by atoms with van der Waals surface area (Å²) < 4.78 is 0. The minimum absolute atomic E-state index is 0.387. The fraction of sp³-hybridized carbons (Fsp3) is 0.714. The van der Waals surface area contributed by atoms with E-state index in [1.165, 1.54) is 32.1 Å². The minimum atomic E-state index is -0.724. The molecule has 0 spiro atoms. The predicted molar refractivity (Wildman–Crippen MR) is 67.7 cm³/mol. The van der Waals surface area contributed by atoms with Crippen LogP contribution in [-0.4, -0.2) is 21.0 Å². The van der Waals surface area contributed by atoms with Crippen molar-refractivity contribution in [2.45, 2.75) is 63.2 Å².